The van der Waals surface area contributed by atoms with Crippen molar-refractivity contribution in [2.75, 3.05) is 5.32 Å². The van der Waals surface area contributed by atoms with Crippen LogP contribution in [0.15, 0.2) is 48.4 Å². The lowest BCUT2D eigenvalue weighted by Crippen LogP contribution is -2.11. The minimum absolute atomic E-state index is 0.181. The van der Waals surface area contributed by atoms with E-state index in [-0.39, 0.29) is 16.1 Å². The van der Waals surface area contributed by atoms with Crippen molar-refractivity contribution >= 4 is 28.9 Å². The van der Waals surface area contributed by atoms with Crippen LogP contribution >= 0.6 is 23.2 Å². The molecule has 0 atom stereocenters. The zero-order valence-electron chi connectivity index (χ0n) is 12.8. The van der Waals surface area contributed by atoms with Crippen molar-refractivity contribution in [1.82, 2.24) is 4.98 Å². The topological polar surface area (TPSA) is 34.1 Å². The molecule has 0 fully saturated rings. The van der Waals surface area contributed by atoms with Crippen molar-refractivity contribution in [3.05, 3.63) is 58.7 Å². The van der Waals surface area contributed by atoms with Crippen molar-refractivity contribution in [2.45, 2.75) is 27.1 Å². The summed E-state index contributed by atoms with van der Waals surface area (Å²) in [4.78, 5) is 3.77. The van der Waals surface area contributed by atoms with Crippen LogP contribution in [0.25, 0.3) is 0 Å². The van der Waals surface area contributed by atoms with Crippen LogP contribution in [0.2, 0.25) is 10.3 Å². The molecular weight excluding hydrogens is 352 g/mol. The van der Waals surface area contributed by atoms with Gasteiger partial charge in [0.25, 0.3) is 0 Å². The van der Waals surface area contributed by atoms with Gasteiger partial charge in [-0.15, -0.1) is 13.2 Å². The van der Waals surface area contributed by atoms with Crippen LogP contribution in [0.1, 0.15) is 20.8 Å². The summed E-state index contributed by atoms with van der Waals surface area (Å²) in [5, 5.41) is 3.24. The molecule has 8 heteroatoms. The molecular formula is C15H17Cl2F3N2O. The molecule has 0 aliphatic heterocycles. The number of hydrogen-bond acceptors (Lipinski definition) is 3. The van der Waals surface area contributed by atoms with Crippen LogP contribution < -0.4 is 5.32 Å². The number of allylic oxidation sites excluding steroid dienone is 4. The monoisotopic (exact) mass is 368 g/mol. The Balaban J connectivity index is 0.00000232. The molecule has 1 heterocycles. The normalized spacial score (nSPS) is 12.2. The van der Waals surface area contributed by atoms with Gasteiger partial charge in [0.15, 0.2) is 0 Å². The standard InChI is InChI=1S/C13H11Cl2F3N2O.C2H6/c1-3-9(5-4-8(2)21-13(16,17)18)19-10-6-11(14)20-12(15)7-10;1-2/h3-7H,1H2,2H3,(H,19,20);1-2H3/b8-4+,9-5+;. The highest BCUT2D eigenvalue weighted by atomic mass is 35.5. The van der Waals surface area contributed by atoms with E-state index in [1.165, 1.54) is 31.2 Å². The molecule has 0 aliphatic carbocycles. The summed E-state index contributed by atoms with van der Waals surface area (Å²) >= 11 is 11.5. The Hall–Kier alpha value is -1.66. The fourth-order valence-corrected chi connectivity index (χ4v) is 1.75. The minimum atomic E-state index is -4.72. The van der Waals surface area contributed by atoms with Crippen LogP contribution in [0.5, 0.6) is 0 Å². The number of ether oxygens (including phenoxy) is 1. The molecule has 0 saturated heterocycles. The molecule has 0 radical (unpaired) electrons. The summed E-state index contributed by atoms with van der Waals surface area (Å²) in [6, 6.07) is 3.02. The van der Waals surface area contributed by atoms with E-state index in [1.807, 2.05) is 13.8 Å². The largest absolute Gasteiger partial charge is 0.572 e. The van der Waals surface area contributed by atoms with Gasteiger partial charge in [0, 0.05) is 11.4 Å². The van der Waals surface area contributed by atoms with Crippen molar-refractivity contribution < 1.29 is 17.9 Å². The van der Waals surface area contributed by atoms with E-state index in [0.29, 0.717) is 11.4 Å². The van der Waals surface area contributed by atoms with E-state index in [2.05, 4.69) is 21.6 Å². The van der Waals surface area contributed by atoms with E-state index in [1.54, 1.807) is 0 Å². The Kier molecular flexibility index (Phi) is 9.44. The second-order valence-electron chi connectivity index (χ2n) is 3.78. The zero-order chi connectivity index (χ0) is 18.0. The van der Waals surface area contributed by atoms with Crippen LogP contribution in [-0.2, 0) is 4.74 Å². The smallest absolute Gasteiger partial charge is 0.411 e. The Morgan fingerprint density at radius 2 is 1.74 bits per heavy atom. The Labute approximate surface area is 143 Å². The molecule has 0 spiro atoms. The highest BCUT2D eigenvalue weighted by Crippen LogP contribution is 2.22. The van der Waals surface area contributed by atoms with Crippen LogP contribution in [-0.4, -0.2) is 11.3 Å². The molecule has 0 bridgehead atoms. The predicted octanol–water partition coefficient (Wildman–Crippen LogP) is 6.34. The molecule has 1 rings (SSSR count). The number of halogens is 5. The number of nitrogens with one attached hydrogen (secondary N) is 1. The molecule has 0 unspecified atom stereocenters. The lowest BCUT2D eigenvalue weighted by Gasteiger charge is -2.09. The van der Waals surface area contributed by atoms with Gasteiger partial charge in [0.05, 0.1) is 0 Å². The maximum Gasteiger partial charge on any atom is 0.572 e. The second-order valence-corrected chi connectivity index (χ2v) is 4.55. The summed E-state index contributed by atoms with van der Waals surface area (Å²) < 4.78 is 39.7. The Morgan fingerprint density at radius 3 is 2.17 bits per heavy atom. The first-order valence-corrected chi connectivity index (χ1v) is 7.32. The van der Waals surface area contributed by atoms with E-state index in [0.717, 1.165) is 6.08 Å². The Morgan fingerprint density at radius 1 is 1.22 bits per heavy atom. The van der Waals surface area contributed by atoms with Gasteiger partial charge >= 0.3 is 6.36 Å². The molecule has 0 aliphatic rings. The van der Waals surface area contributed by atoms with E-state index in [4.69, 9.17) is 23.2 Å². The first kappa shape index (κ1) is 21.3. The van der Waals surface area contributed by atoms with Gasteiger partial charge in [-0.05, 0) is 37.3 Å². The molecule has 0 saturated carbocycles. The van der Waals surface area contributed by atoms with Gasteiger partial charge in [-0.1, -0.05) is 43.6 Å². The summed E-state index contributed by atoms with van der Waals surface area (Å²) in [5.41, 5.74) is 0.951. The number of aromatic nitrogens is 1. The molecule has 1 N–H and O–H groups in total. The minimum Gasteiger partial charge on any atom is -0.411 e. The van der Waals surface area contributed by atoms with Gasteiger partial charge in [-0.2, -0.15) is 0 Å². The molecule has 128 valence electrons. The van der Waals surface area contributed by atoms with Crippen LogP contribution in [0.3, 0.4) is 0 Å². The average Bonchev–Trinajstić information content (AvgIpc) is 2.42. The summed E-state index contributed by atoms with van der Waals surface area (Å²) in [7, 11) is 0. The first-order chi connectivity index (χ1) is 10.7. The van der Waals surface area contributed by atoms with Crippen molar-refractivity contribution in [3.8, 4) is 0 Å². The highest BCUT2D eigenvalue weighted by molar-refractivity contribution is 6.32. The third-order valence-electron chi connectivity index (χ3n) is 2.05. The molecule has 23 heavy (non-hydrogen) atoms. The van der Waals surface area contributed by atoms with Gasteiger partial charge < -0.3 is 10.1 Å². The Bertz CT molecular complexity index is 564. The van der Waals surface area contributed by atoms with Gasteiger partial charge in [-0.3, -0.25) is 0 Å². The number of alkyl halides is 3. The first-order valence-electron chi connectivity index (χ1n) is 6.56. The van der Waals surface area contributed by atoms with Crippen molar-refractivity contribution in [3.63, 3.8) is 0 Å². The number of rotatable bonds is 5. The maximum atomic E-state index is 12.0. The summed E-state index contributed by atoms with van der Waals surface area (Å²) in [6.07, 6.45) is -0.778. The molecule has 1 aromatic heterocycles. The molecule has 3 nitrogen and oxygen atoms in total. The second kappa shape index (κ2) is 10.2. The van der Waals surface area contributed by atoms with E-state index < -0.39 is 6.36 Å². The van der Waals surface area contributed by atoms with Gasteiger partial charge in [0.2, 0.25) is 0 Å². The fourth-order valence-electron chi connectivity index (χ4n) is 1.29. The molecule has 0 aromatic carbocycles. The maximum absolute atomic E-state index is 12.0. The molecule has 1 aromatic rings. The van der Waals surface area contributed by atoms with Crippen molar-refractivity contribution in [2.24, 2.45) is 0 Å². The van der Waals surface area contributed by atoms with Crippen LogP contribution in [0.4, 0.5) is 18.9 Å². The number of hydrogen-bond donors (Lipinski definition) is 1. The highest BCUT2D eigenvalue weighted by Gasteiger charge is 2.30. The van der Waals surface area contributed by atoms with E-state index >= 15 is 0 Å². The van der Waals surface area contributed by atoms with Crippen molar-refractivity contribution in [1.29, 1.82) is 0 Å². The average molecular weight is 369 g/mol. The number of anilines is 1. The third-order valence-corrected chi connectivity index (χ3v) is 2.43. The lowest BCUT2D eigenvalue weighted by molar-refractivity contribution is -0.305. The fraction of sp³-hybridized carbons (Fsp3) is 0.267. The molecule has 0 amide bonds. The van der Waals surface area contributed by atoms with Crippen LogP contribution in [0, 0.1) is 0 Å². The van der Waals surface area contributed by atoms with E-state index in [9.17, 15) is 13.2 Å². The zero-order valence-corrected chi connectivity index (χ0v) is 14.4. The number of pyridine rings is 1. The summed E-state index contributed by atoms with van der Waals surface area (Å²) in [6.45, 7) is 8.74. The summed E-state index contributed by atoms with van der Waals surface area (Å²) in [5.74, 6) is -0.311. The third kappa shape index (κ3) is 9.86. The quantitative estimate of drug-likeness (QED) is 0.374. The van der Waals surface area contributed by atoms with Gasteiger partial charge in [0.1, 0.15) is 16.1 Å². The number of nitrogens with zero attached hydrogens (tertiary/aromatic N) is 1. The SMILES string of the molecule is C=C/C(=C\C=C(/C)OC(F)(F)F)Nc1cc(Cl)nc(Cl)c1.CC. The predicted molar refractivity (Wildman–Crippen MR) is 88.4 cm³/mol. The van der Waals surface area contributed by atoms with Gasteiger partial charge in [-0.25, -0.2) is 4.98 Å². The lowest BCUT2D eigenvalue weighted by atomic mass is 10.3.